The van der Waals surface area contributed by atoms with Gasteiger partial charge in [0.25, 0.3) is 0 Å². The lowest BCUT2D eigenvalue weighted by Crippen LogP contribution is -2.63. The first-order valence-corrected chi connectivity index (χ1v) is 6.59. The van der Waals surface area contributed by atoms with E-state index in [1.807, 2.05) is 6.92 Å². The van der Waals surface area contributed by atoms with Crippen LogP contribution < -0.4 is 11.5 Å². The topological polar surface area (TPSA) is 71.4 Å². The minimum absolute atomic E-state index is 0.0412. The highest BCUT2D eigenvalue weighted by molar-refractivity contribution is 5.43. The van der Waals surface area contributed by atoms with Gasteiger partial charge in [-0.3, -0.25) is 9.80 Å². The summed E-state index contributed by atoms with van der Waals surface area (Å²) in [4.78, 5) is 9.20. The van der Waals surface area contributed by atoms with Gasteiger partial charge in [-0.2, -0.15) is 0 Å². The van der Waals surface area contributed by atoms with Gasteiger partial charge in [0.15, 0.2) is 0 Å². The van der Waals surface area contributed by atoms with Crippen molar-refractivity contribution in [1.82, 2.24) is 14.8 Å². The molecule has 3 aliphatic rings. The molecule has 1 aromatic rings. The smallest absolute Gasteiger partial charge is 0.128 e. The molecule has 0 aromatic carbocycles. The van der Waals surface area contributed by atoms with Gasteiger partial charge in [0.1, 0.15) is 5.82 Å². The molecular formula is C13H21N5. The quantitative estimate of drug-likeness (QED) is 0.768. The van der Waals surface area contributed by atoms with Crippen molar-refractivity contribution in [3.8, 4) is 0 Å². The van der Waals surface area contributed by atoms with Crippen molar-refractivity contribution in [2.75, 3.05) is 38.5 Å². The standard InChI is InChI=1S/C13H21N5/c1-9-6-10(13(15)16-7-9)12(14)11-8-17-2-4-18(11)5-3-17/h6-7,11-12H,2-5,8,14H2,1H3,(H2,15,16). The van der Waals surface area contributed by atoms with Crippen molar-refractivity contribution < 1.29 is 0 Å². The maximum Gasteiger partial charge on any atom is 0.128 e. The fourth-order valence-electron chi connectivity index (χ4n) is 3.07. The summed E-state index contributed by atoms with van der Waals surface area (Å²) in [6.45, 7) is 7.67. The zero-order chi connectivity index (χ0) is 12.7. The zero-order valence-electron chi connectivity index (χ0n) is 10.8. The van der Waals surface area contributed by atoms with Gasteiger partial charge in [0.2, 0.25) is 0 Å². The van der Waals surface area contributed by atoms with Crippen LogP contribution in [0.1, 0.15) is 17.2 Å². The number of hydrogen-bond donors (Lipinski definition) is 2. The van der Waals surface area contributed by atoms with E-state index >= 15 is 0 Å². The summed E-state index contributed by atoms with van der Waals surface area (Å²) in [6.07, 6.45) is 1.79. The molecule has 4 rings (SSSR count). The lowest BCUT2D eigenvalue weighted by molar-refractivity contribution is 0.00220. The van der Waals surface area contributed by atoms with E-state index in [2.05, 4.69) is 20.9 Å². The Hall–Kier alpha value is -1.17. The number of aromatic nitrogens is 1. The summed E-state index contributed by atoms with van der Waals surface area (Å²) in [5.74, 6) is 0.575. The number of rotatable bonds is 2. The van der Waals surface area contributed by atoms with E-state index in [1.165, 1.54) is 13.1 Å². The molecule has 0 saturated carbocycles. The number of anilines is 1. The summed E-state index contributed by atoms with van der Waals surface area (Å²) in [6, 6.07) is 2.41. The van der Waals surface area contributed by atoms with Crippen LogP contribution in [0.25, 0.3) is 0 Å². The molecule has 5 heteroatoms. The Bertz CT molecular complexity index is 439. The van der Waals surface area contributed by atoms with Crippen molar-refractivity contribution in [3.63, 3.8) is 0 Å². The van der Waals surface area contributed by atoms with Crippen LogP contribution in [0.15, 0.2) is 12.3 Å². The second-order valence-electron chi connectivity index (χ2n) is 5.42. The molecule has 5 nitrogen and oxygen atoms in total. The van der Waals surface area contributed by atoms with Crippen LogP contribution in [-0.2, 0) is 0 Å². The van der Waals surface area contributed by atoms with E-state index in [4.69, 9.17) is 11.5 Å². The maximum absolute atomic E-state index is 6.44. The summed E-state index contributed by atoms with van der Waals surface area (Å²) in [5.41, 5.74) is 14.5. The molecule has 2 bridgehead atoms. The number of nitrogen functional groups attached to an aromatic ring is 1. The highest BCUT2D eigenvalue weighted by atomic mass is 15.3. The molecule has 0 spiro atoms. The van der Waals surface area contributed by atoms with Crippen LogP contribution in [0.3, 0.4) is 0 Å². The number of hydrogen-bond acceptors (Lipinski definition) is 5. The molecule has 18 heavy (non-hydrogen) atoms. The van der Waals surface area contributed by atoms with E-state index in [9.17, 15) is 0 Å². The molecule has 0 radical (unpaired) electrons. The van der Waals surface area contributed by atoms with Crippen molar-refractivity contribution >= 4 is 5.82 Å². The minimum Gasteiger partial charge on any atom is -0.383 e. The second kappa shape index (κ2) is 4.50. The van der Waals surface area contributed by atoms with Crippen molar-refractivity contribution in [1.29, 1.82) is 0 Å². The van der Waals surface area contributed by atoms with Crippen LogP contribution in [0.4, 0.5) is 5.82 Å². The van der Waals surface area contributed by atoms with Gasteiger partial charge < -0.3 is 11.5 Å². The molecule has 0 aliphatic carbocycles. The SMILES string of the molecule is Cc1cnc(N)c(C(N)C2CN3CCN2CC3)c1. The molecule has 4 heterocycles. The summed E-state index contributed by atoms with van der Waals surface area (Å²) < 4.78 is 0. The Kier molecular flexibility index (Phi) is 2.97. The minimum atomic E-state index is -0.0412. The van der Waals surface area contributed by atoms with E-state index in [1.54, 1.807) is 6.20 Å². The first-order chi connectivity index (χ1) is 8.65. The second-order valence-corrected chi connectivity index (χ2v) is 5.42. The Labute approximate surface area is 108 Å². The van der Waals surface area contributed by atoms with Gasteiger partial charge in [-0.15, -0.1) is 0 Å². The van der Waals surface area contributed by atoms with E-state index in [0.717, 1.165) is 30.8 Å². The first-order valence-electron chi connectivity index (χ1n) is 6.59. The summed E-state index contributed by atoms with van der Waals surface area (Å²) in [5, 5.41) is 0. The Morgan fingerprint density at radius 3 is 2.67 bits per heavy atom. The van der Waals surface area contributed by atoms with Crippen LogP contribution in [0.5, 0.6) is 0 Å². The lowest BCUT2D eigenvalue weighted by Gasteiger charge is -2.49. The van der Waals surface area contributed by atoms with Gasteiger partial charge in [-0.25, -0.2) is 4.98 Å². The molecule has 0 amide bonds. The number of nitrogens with two attached hydrogens (primary N) is 2. The Balaban J connectivity index is 1.85. The molecule has 4 N–H and O–H groups in total. The Morgan fingerprint density at radius 1 is 1.33 bits per heavy atom. The molecule has 3 aliphatic heterocycles. The van der Waals surface area contributed by atoms with Crippen molar-refractivity contribution in [2.24, 2.45) is 5.73 Å². The average Bonchev–Trinajstić information content (AvgIpc) is 2.42. The Morgan fingerprint density at radius 2 is 2.06 bits per heavy atom. The molecule has 98 valence electrons. The third-order valence-corrected chi connectivity index (χ3v) is 4.18. The van der Waals surface area contributed by atoms with Crippen LogP contribution in [-0.4, -0.2) is 53.5 Å². The molecule has 3 fully saturated rings. The van der Waals surface area contributed by atoms with Gasteiger partial charge in [-0.1, -0.05) is 0 Å². The maximum atomic E-state index is 6.44. The largest absolute Gasteiger partial charge is 0.383 e. The summed E-state index contributed by atoms with van der Waals surface area (Å²) >= 11 is 0. The molecule has 3 saturated heterocycles. The predicted molar refractivity (Wildman–Crippen MR) is 72.1 cm³/mol. The molecular weight excluding hydrogens is 226 g/mol. The fourth-order valence-corrected chi connectivity index (χ4v) is 3.07. The van der Waals surface area contributed by atoms with E-state index < -0.39 is 0 Å². The monoisotopic (exact) mass is 247 g/mol. The number of pyridine rings is 1. The third-order valence-electron chi connectivity index (χ3n) is 4.18. The third kappa shape index (κ3) is 1.98. The van der Waals surface area contributed by atoms with Crippen LogP contribution in [0.2, 0.25) is 0 Å². The number of piperazine rings is 3. The molecule has 2 atom stereocenters. The van der Waals surface area contributed by atoms with Gasteiger partial charge in [-0.05, 0) is 18.6 Å². The van der Waals surface area contributed by atoms with Gasteiger partial charge in [0.05, 0.1) is 6.04 Å². The van der Waals surface area contributed by atoms with Crippen LogP contribution in [0, 0.1) is 6.92 Å². The van der Waals surface area contributed by atoms with Crippen LogP contribution >= 0.6 is 0 Å². The van der Waals surface area contributed by atoms with E-state index in [-0.39, 0.29) is 6.04 Å². The number of fused-ring (bicyclic) bond motifs is 3. The zero-order valence-corrected chi connectivity index (χ0v) is 10.8. The molecule has 1 aromatic heterocycles. The predicted octanol–water partition coefficient (Wildman–Crippen LogP) is -0.0282. The highest BCUT2D eigenvalue weighted by Crippen LogP contribution is 2.28. The van der Waals surface area contributed by atoms with Crippen molar-refractivity contribution in [3.05, 3.63) is 23.4 Å². The highest BCUT2D eigenvalue weighted by Gasteiger charge is 2.36. The normalized spacial score (nSPS) is 32.4. The summed E-state index contributed by atoms with van der Waals surface area (Å²) in [7, 11) is 0. The lowest BCUT2D eigenvalue weighted by atomic mass is 9.94. The van der Waals surface area contributed by atoms with Gasteiger partial charge >= 0.3 is 0 Å². The average molecular weight is 247 g/mol. The fraction of sp³-hybridized carbons (Fsp3) is 0.615. The number of nitrogens with zero attached hydrogens (tertiary/aromatic N) is 3. The van der Waals surface area contributed by atoms with E-state index in [0.29, 0.717) is 11.9 Å². The molecule has 2 unspecified atom stereocenters. The number of aryl methyl sites for hydroxylation is 1. The van der Waals surface area contributed by atoms with Gasteiger partial charge in [0, 0.05) is 50.5 Å². The first kappa shape index (κ1) is 11.9. The van der Waals surface area contributed by atoms with Crippen molar-refractivity contribution in [2.45, 2.75) is 19.0 Å².